The van der Waals surface area contributed by atoms with E-state index in [1.807, 2.05) is 0 Å². The molecule has 8 atom stereocenters. The van der Waals surface area contributed by atoms with Gasteiger partial charge in [-0.15, -0.1) is 0 Å². The van der Waals surface area contributed by atoms with E-state index in [2.05, 4.69) is 34.6 Å². The van der Waals surface area contributed by atoms with Gasteiger partial charge in [-0.25, -0.2) is 0 Å². The number of fused-ring (bicyclic) bond motifs is 1. The summed E-state index contributed by atoms with van der Waals surface area (Å²) in [4.78, 5) is 0. The summed E-state index contributed by atoms with van der Waals surface area (Å²) < 4.78 is 12.9. The minimum atomic E-state index is 0.0589. The highest BCUT2D eigenvalue weighted by molar-refractivity contribution is 5.40. The Balaban J connectivity index is 1.55. The summed E-state index contributed by atoms with van der Waals surface area (Å²) in [6.45, 7) is 12.3. The van der Waals surface area contributed by atoms with E-state index < -0.39 is 0 Å². The standard InChI is InChI=1S/C20H32O2/c1-12(2)14-8-9-17(4)11-19-18(5,22-19)10-16-20(19,21-16)13(3)6-7-15(14)17/h12-16H,6-11H2,1-5H3/t13-,14+,15-,16-,17+,18+,19+,20-/m0/s1. The Labute approximate surface area is 135 Å². The van der Waals surface area contributed by atoms with Gasteiger partial charge in [0.15, 0.2) is 0 Å². The number of ether oxygens (including phenoxy) is 2. The molecule has 0 unspecified atom stereocenters. The van der Waals surface area contributed by atoms with E-state index in [0.29, 0.717) is 17.4 Å². The first-order valence-electron chi connectivity index (χ1n) is 9.66. The molecule has 2 saturated heterocycles. The number of rotatable bonds is 1. The van der Waals surface area contributed by atoms with Gasteiger partial charge in [0.25, 0.3) is 0 Å². The lowest BCUT2D eigenvalue weighted by Gasteiger charge is -2.43. The molecule has 22 heavy (non-hydrogen) atoms. The SMILES string of the molecule is CC(C)[C@H]1CC[C@]2(C)C[C@@]34O[C@]3(C)C[C@@H]3O[C@@]34[C@@H](C)CC[C@@H]12. The van der Waals surface area contributed by atoms with Gasteiger partial charge < -0.3 is 9.47 Å². The first kappa shape index (κ1) is 14.3. The normalized spacial score (nSPS) is 65.2. The summed E-state index contributed by atoms with van der Waals surface area (Å²) in [6.07, 6.45) is 8.47. The van der Waals surface area contributed by atoms with Crippen molar-refractivity contribution < 1.29 is 9.47 Å². The van der Waals surface area contributed by atoms with Gasteiger partial charge in [0.2, 0.25) is 0 Å². The zero-order valence-corrected chi connectivity index (χ0v) is 14.9. The van der Waals surface area contributed by atoms with E-state index in [-0.39, 0.29) is 16.8 Å². The molecule has 5 rings (SSSR count). The van der Waals surface area contributed by atoms with Crippen molar-refractivity contribution >= 4 is 0 Å². The third-order valence-electron chi connectivity index (χ3n) is 8.79. The highest BCUT2D eigenvalue weighted by Gasteiger charge is 2.93. The highest BCUT2D eigenvalue weighted by Crippen LogP contribution is 2.80. The lowest BCUT2D eigenvalue weighted by atomic mass is 9.60. The largest absolute Gasteiger partial charge is 0.362 e. The van der Waals surface area contributed by atoms with Crippen molar-refractivity contribution in [1.82, 2.24) is 0 Å². The minimum Gasteiger partial charge on any atom is -0.362 e. The van der Waals surface area contributed by atoms with Crippen molar-refractivity contribution in [3.05, 3.63) is 0 Å². The van der Waals surface area contributed by atoms with Crippen LogP contribution in [0.4, 0.5) is 0 Å². The second-order valence-electron chi connectivity index (χ2n) is 10.1. The Hall–Kier alpha value is -0.0800. The van der Waals surface area contributed by atoms with Crippen molar-refractivity contribution in [2.75, 3.05) is 0 Å². The van der Waals surface area contributed by atoms with Crippen molar-refractivity contribution in [2.45, 2.75) is 96.1 Å². The van der Waals surface area contributed by atoms with Crippen LogP contribution in [-0.2, 0) is 9.47 Å². The number of epoxide rings is 2. The summed E-state index contributed by atoms with van der Waals surface area (Å²) in [5, 5.41) is 0. The molecule has 0 radical (unpaired) electrons. The lowest BCUT2D eigenvalue weighted by Crippen LogP contribution is -2.48. The number of hydrogen-bond donors (Lipinski definition) is 0. The third kappa shape index (κ3) is 1.34. The second-order valence-corrected chi connectivity index (χ2v) is 10.1. The molecular weight excluding hydrogens is 272 g/mol. The van der Waals surface area contributed by atoms with Gasteiger partial charge in [-0.2, -0.15) is 0 Å². The molecule has 3 aliphatic carbocycles. The summed E-state index contributed by atoms with van der Waals surface area (Å²) in [7, 11) is 0. The Morgan fingerprint density at radius 1 is 1.09 bits per heavy atom. The average molecular weight is 304 g/mol. The van der Waals surface area contributed by atoms with Crippen molar-refractivity contribution in [2.24, 2.45) is 29.1 Å². The van der Waals surface area contributed by atoms with Crippen LogP contribution in [0.5, 0.6) is 0 Å². The van der Waals surface area contributed by atoms with Crippen LogP contribution in [0.3, 0.4) is 0 Å². The minimum absolute atomic E-state index is 0.0589. The summed E-state index contributed by atoms with van der Waals surface area (Å²) >= 11 is 0. The van der Waals surface area contributed by atoms with Gasteiger partial charge in [0.1, 0.15) is 16.8 Å². The van der Waals surface area contributed by atoms with Crippen molar-refractivity contribution in [3.8, 4) is 0 Å². The third-order valence-corrected chi connectivity index (χ3v) is 8.79. The quantitative estimate of drug-likeness (QED) is 0.663. The van der Waals surface area contributed by atoms with Crippen LogP contribution in [-0.4, -0.2) is 22.9 Å². The van der Waals surface area contributed by atoms with Gasteiger partial charge in [0.05, 0.1) is 6.10 Å². The Bertz CT molecular complexity index is 530. The monoisotopic (exact) mass is 304 g/mol. The maximum absolute atomic E-state index is 6.53. The molecule has 0 aromatic rings. The Morgan fingerprint density at radius 3 is 2.59 bits per heavy atom. The van der Waals surface area contributed by atoms with Gasteiger partial charge in [-0.3, -0.25) is 0 Å². The fraction of sp³-hybridized carbons (Fsp3) is 1.00. The average Bonchev–Trinajstić information content (AvgIpc) is 3.22. The molecule has 5 fully saturated rings. The molecule has 0 N–H and O–H groups in total. The molecule has 5 aliphatic rings. The molecule has 2 nitrogen and oxygen atoms in total. The predicted octanol–water partition coefficient (Wildman–Crippen LogP) is 4.56. The molecule has 2 spiro atoms. The maximum atomic E-state index is 6.53. The van der Waals surface area contributed by atoms with Gasteiger partial charge >= 0.3 is 0 Å². The van der Waals surface area contributed by atoms with E-state index in [1.165, 1.54) is 32.1 Å². The van der Waals surface area contributed by atoms with E-state index in [1.54, 1.807) is 0 Å². The predicted molar refractivity (Wildman–Crippen MR) is 86.6 cm³/mol. The van der Waals surface area contributed by atoms with Crippen LogP contribution in [0, 0.1) is 29.1 Å². The van der Waals surface area contributed by atoms with E-state index >= 15 is 0 Å². The summed E-state index contributed by atoms with van der Waals surface area (Å²) in [5.74, 6) is 3.31. The molecule has 0 aromatic carbocycles. The molecule has 3 saturated carbocycles. The van der Waals surface area contributed by atoms with Crippen LogP contribution in [0.25, 0.3) is 0 Å². The lowest BCUT2D eigenvalue weighted by molar-refractivity contribution is 0.0134. The van der Waals surface area contributed by atoms with Crippen LogP contribution < -0.4 is 0 Å². The van der Waals surface area contributed by atoms with Gasteiger partial charge in [-0.1, -0.05) is 27.7 Å². The van der Waals surface area contributed by atoms with E-state index in [9.17, 15) is 0 Å². The summed E-state index contributed by atoms with van der Waals surface area (Å²) in [6, 6.07) is 0. The molecule has 0 aromatic heterocycles. The molecule has 2 heterocycles. The molecule has 2 heteroatoms. The molecule has 124 valence electrons. The van der Waals surface area contributed by atoms with E-state index in [0.717, 1.165) is 24.2 Å². The van der Waals surface area contributed by atoms with E-state index in [4.69, 9.17) is 9.47 Å². The second kappa shape index (κ2) is 3.77. The fourth-order valence-corrected chi connectivity index (χ4v) is 7.55. The molecular formula is C20H32O2. The smallest absolute Gasteiger partial charge is 0.130 e. The van der Waals surface area contributed by atoms with Crippen LogP contribution in [0.1, 0.15) is 73.1 Å². The first-order chi connectivity index (χ1) is 10.3. The number of hydrogen-bond acceptors (Lipinski definition) is 2. The topological polar surface area (TPSA) is 25.1 Å². The molecule has 0 amide bonds. The highest BCUT2D eigenvalue weighted by atomic mass is 16.7. The zero-order valence-electron chi connectivity index (χ0n) is 14.9. The fourth-order valence-electron chi connectivity index (χ4n) is 7.55. The van der Waals surface area contributed by atoms with Crippen molar-refractivity contribution in [1.29, 1.82) is 0 Å². The van der Waals surface area contributed by atoms with Crippen LogP contribution in [0.15, 0.2) is 0 Å². The molecule has 0 bridgehead atoms. The Morgan fingerprint density at radius 2 is 1.86 bits per heavy atom. The van der Waals surface area contributed by atoms with Crippen LogP contribution in [0.2, 0.25) is 0 Å². The zero-order chi connectivity index (χ0) is 15.5. The summed E-state index contributed by atoms with van der Waals surface area (Å²) in [5.41, 5.74) is 0.751. The maximum Gasteiger partial charge on any atom is 0.130 e. The van der Waals surface area contributed by atoms with Crippen molar-refractivity contribution in [3.63, 3.8) is 0 Å². The Kier molecular flexibility index (Phi) is 2.45. The van der Waals surface area contributed by atoms with Gasteiger partial charge in [0, 0.05) is 6.42 Å². The first-order valence-corrected chi connectivity index (χ1v) is 9.66. The van der Waals surface area contributed by atoms with Crippen LogP contribution >= 0.6 is 0 Å². The molecule has 2 aliphatic heterocycles. The van der Waals surface area contributed by atoms with Gasteiger partial charge in [-0.05, 0) is 68.1 Å².